The molecule has 1 saturated carbocycles. The molecule has 15 heavy (non-hydrogen) atoms. The molecule has 1 aliphatic heterocycles. The van der Waals surface area contributed by atoms with Gasteiger partial charge < -0.3 is 10.2 Å². The lowest BCUT2D eigenvalue weighted by molar-refractivity contribution is -0.144. The minimum Gasteiger partial charge on any atom is -0.481 e. The third-order valence-corrected chi connectivity index (χ3v) is 3.71. The van der Waals surface area contributed by atoms with Gasteiger partial charge in [0.15, 0.2) is 0 Å². The maximum atomic E-state index is 10.9. The Morgan fingerprint density at radius 3 is 2.60 bits per heavy atom. The van der Waals surface area contributed by atoms with Crippen LogP contribution in [0.4, 0.5) is 0 Å². The van der Waals surface area contributed by atoms with Crippen LogP contribution in [0.15, 0.2) is 0 Å². The van der Waals surface area contributed by atoms with Gasteiger partial charge in [0, 0.05) is 12.6 Å². The van der Waals surface area contributed by atoms with E-state index in [9.17, 15) is 9.90 Å². The Bertz CT molecular complexity index is 244. The number of hydrogen-bond donors (Lipinski definition) is 2. The smallest absolute Gasteiger partial charge is 0.307 e. The van der Waals surface area contributed by atoms with Crippen molar-refractivity contribution in [3.8, 4) is 0 Å². The number of rotatable bonds is 2. The van der Waals surface area contributed by atoms with Crippen LogP contribution >= 0.6 is 0 Å². The molecule has 2 aliphatic rings. The summed E-state index contributed by atoms with van der Waals surface area (Å²) in [7, 11) is 0. The van der Waals surface area contributed by atoms with Crippen LogP contribution in [0.1, 0.15) is 32.1 Å². The normalized spacial score (nSPS) is 38.1. The Hall–Kier alpha value is -0.610. The monoisotopic (exact) mass is 213 g/mol. The number of piperidine rings is 1. The second kappa shape index (κ2) is 4.49. The topological polar surface area (TPSA) is 60.8 Å². The Morgan fingerprint density at radius 1 is 1.20 bits per heavy atom. The average Bonchev–Trinajstić information content (AvgIpc) is 2.64. The molecule has 3 unspecified atom stereocenters. The van der Waals surface area contributed by atoms with Crippen LogP contribution in [0.3, 0.4) is 0 Å². The van der Waals surface area contributed by atoms with E-state index in [2.05, 4.69) is 4.90 Å². The summed E-state index contributed by atoms with van der Waals surface area (Å²) in [6.45, 7) is 1.57. The van der Waals surface area contributed by atoms with Crippen molar-refractivity contribution in [3.63, 3.8) is 0 Å². The molecule has 3 atom stereocenters. The molecule has 0 amide bonds. The molecular formula is C11H19NO3. The molecule has 0 bridgehead atoms. The standard InChI is InChI=1S/C11H19NO3/c13-10-5-1-4-9(10)12-6-2-3-8(7-12)11(14)15/h8-10,13H,1-7H2,(H,14,15). The third-order valence-electron chi connectivity index (χ3n) is 3.71. The first-order chi connectivity index (χ1) is 7.18. The summed E-state index contributed by atoms with van der Waals surface area (Å²) in [5, 5.41) is 18.8. The molecule has 1 heterocycles. The minimum absolute atomic E-state index is 0.215. The highest BCUT2D eigenvalue weighted by atomic mass is 16.4. The van der Waals surface area contributed by atoms with Gasteiger partial charge in [0.2, 0.25) is 0 Å². The van der Waals surface area contributed by atoms with E-state index < -0.39 is 5.97 Å². The lowest BCUT2D eigenvalue weighted by Crippen LogP contribution is -2.47. The van der Waals surface area contributed by atoms with Gasteiger partial charge in [0.1, 0.15) is 0 Å². The van der Waals surface area contributed by atoms with Crippen LogP contribution in [-0.4, -0.2) is 46.3 Å². The zero-order valence-corrected chi connectivity index (χ0v) is 8.93. The van der Waals surface area contributed by atoms with Crippen molar-refractivity contribution in [1.29, 1.82) is 0 Å². The summed E-state index contributed by atoms with van der Waals surface area (Å²) < 4.78 is 0. The van der Waals surface area contributed by atoms with Crippen molar-refractivity contribution >= 4 is 5.97 Å². The fourth-order valence-corrected chi connectivity index (χ4v) is 2.86. The summed E-state index contributed by atoms with van der Waals surface area (Å²) >= 11 is 0. The summed E-state index contributed by atoms with van der Waals surface area (Å²) in [6.07, 6.45) is 4.46. The van der Waals surface area contributed by atoms with Gasteiger partial charge in [-0.15, -0.1) is 0 Å². The van der Waals surface area contributed by atoms with Crippen LogP contribution in [0.5, 0.6) is 0 Å². The van der Waals surface area contributed by atoms with E-state index in [4.69, 9.17) is 5.11 Å². The van der Waals surface area contributed by atoms with Gasteiger partial charge in [-0.05, 0) is 38.6 Å². The van der Waals surface area contributed by atoms with Gasteiger partial charge in [-0.3, -0.25) is 9.69 Å². The number of carbonyl (C=O) groups is 1. The van der Waals surface area contributed by atoms with E-state index in [1.807, 2.05) is 0 Å². The van der Waals surface area contributed by atoms with Crippen LogP contribution < -0.4 is 0 Å². The highest BCUT2D eigenvalue weighted by molar-refractivity contribution is 5.70. The van der Waals surface area contributed by atoms with E-state index in [1.54, 1.807) is 0 Å². The third kappa shape index (κ3) is 2.32. The molecule has 1 saturated heterocycles. The molecule has 0 spiro atoms. The predicted octanol–water partition coefficient (Wildman–Crippen LogP) is 0.696. The van der Waals surface area contributed by atoms with Gasteiger partial charge in [-0.2, -0.15) is 0 Å². The van der Waals surface area contributed by atoms with Crippen LogP contribution in [0.25, 0.3) is 0 Å². The summed E-state index contributed by atoms with van der Waals surface area (Å²) in [4.78, 5) is 13.1. The minimum atomic E-state index is -0.688. The van der Waals surface area contributed by atoms with Crippen molar-refractivity contribution in [2.45, 2.75) is 44.2 Å². The van der Waals surface area contributed by atoms with Crippen molar-refractivity contribution in [1.82, 2.24) is 4.90 Å². The summed E-state index contributed by atoms with van der Waals surface area (Å²) in [6, 6.07) is 0.215. The molecule has 86 valence electrons. The predicted molar refractivity (Wildman–Crippen MR) is 55.6 cm³/mol. The fourth-order valence-electron chi connectivity index (χ4n) is 2.86. The Balaban J connectivity index is 1.94. The number of likely N-dealkylation sites (tertiary alicyclic amines) is 1. The van der Waals surface area contributed by atoms with Crippen LogP contribution in [0.2, 0.25) is 0 Å². The Morgan fingerprint density at radius 2 is 2.00 bits per heavy atom. The molecule has 2 fully saturated rings. The molecule has 4 nitrogen and oxygen atoms in total. The summed E-state index contributed by atoms with van der Waals surface area (Å²) in [5.41, 5.74) is 0. The lowest BCUT2D eigenvalue weighted by atomic mass is 9.96. The number of aliphatic hydroxyl groups is 1. The van der Waals surface area contributed by atoms with Crippen molar-refractivity contribution in [2.75, 3.05) is 13.1 Å². The second-order valence-electron chi connectivity index (χ2n) is 4.74. The van der Waals surface area contributed by atoms with E-state index in [1.165, 1.54) is 0 Å². The lowest BCUT2D eigenvalue weighted by Gasteiger charge is -2.36. The van der Waals surface area contributed by atoms with Crippen molar-refractivity contribution in [3.05, 3.63) is 0 Å². The van der Waals surface area contributed by atoms with Crippen LogP contribution in [0, 0.1) is 5.92 Å². The molecule has 2 N–H and O–H groups in total. The SMILES string of the molecule is O=C(O)C1CCCN(C2CCCC2O)C1. The molecule has 0 aromatic carbocycles. The Kier molecular flexibility index (Phi) is 3.26. The molecule has 1 aliphatic carbocycles. The van der Waals surface area contributed by atoms with E-state index in [0.29, 0.717) is 6.54 Å². The van der Waals surface area contributed by atoms with Gasteiger partial charge in [0.25, 0.3) is 0 Å². The van der Waals surface area contributed by atoms with Gasteiger partial charge in [-0.1, -0.05) is 0 Å². The largest absolute Gasteiger partial charge is 0.481 e. The first kappa shape index (κ1) is 10.9. The van der Waals surface area contributed by atoms with Crippen LogP contribution in [-0.2, 0) is 4.79 Å². The average molecular weight is 213 g/mol. The highest BCUT2D eigenvalue weighted by Gasteiger charge is 2.35. The number of nitrogens with zero attached hydrogens (tertiary/aromatic N) is 1. The number of carboxylic acid groups (broad SMARTS) is 1. The van der Waals surface area contributed by atoms with Gasteiger partial charge in [-0.25, -0.2) is 0 Å². The number of aliphatic hydroxyl groups excluding tert-OH is 1. The first-order valence-electron chi connectivity index (χ1n) is 5.83. The van der Waals surface area contributed by atoms with E-state index in [0.717, 1.165) is 38.6 Å². The molecular weight excluding hydrogens is 194 g/mol. The van der Waals surface area contributed by atoms with E-state index >= 15 is 0 Å². The first-order valence-corrected chi connectivity index (χ1v) is 5.83. The number of carboxylic acids is 1. The van der Waals surface area contributed by atoms with Gasteiger partial charge in [0.05, 0.1) is 12.0 Å². The molecule has 4 heteroatoms. The summed E-state index contributed by atoms with van der Waals surface area (Å²) in [5.74, 6) is -0.918. The van der Waals surface area contributed by atoms with Crippen molar-refractivity contribution < 1.29 is 15.0 Å². The second-order valence-corrected chi connectivity index (χ2v) is 4.74. The number of aliphatic carboxylic acids is 1. The van der Waals surface area contributed by atoms with E-state index in [-0.39, 0.29) is 18.1 Å². The maximum Gasteiger partial charge on any atom is 0.307 e. The Labute approximate surface area is 89.9 Å². The molecule has 0 radical (unpaired) electrons. The quantitative estimate of drug-likeness (QED) is 0.708. The fraction of sp³-hybridized carbons (Fsp3) is 0.909. The zero-order chi connectivity index (χ0) is 10.8. The van der Waals surface area contributed by atoms with Crippen molar-refractivity contribution in [2.24, 2.45) is 5.92 Å². The maximum absolute atomic E-state index is 10.9. The highest BCUT2D eigenvalue weighted by Crippen LogP contribution is 2.28. The molecule has 0 aromatic heterocycles. The number of hydrogen-bond acceptors (Lipinski definition) is 3. The zero-order valence-electron chi connectivity index (χ0n) is 8.93. The van der Waals surface area contributed by atoms with Gasteiger partial charge >= 0.3 is 5.97 Å². The molecule has 2 rings (SSSR count). The molecule has 0 aromatic rings.